The van der Waals surface area contributed by atoms with E-state index in [1.54, 1.807) is 0 Å². The Morgan fingerprint density at radius 1 is 1.22 bits per heavy atom. The highest BCUT2D eigenvalue weighted by atomic mass is 32.1. The first-order valence-corrected chi connectivity index (χ1v) is 5.85. The number of carbonyl (C=O) groups is 2. The summed E-state index contributed by atoms with van der Waals surface area (Å²) in [5.41, 5.74) is -0.909. The zero-order valence-corrected chi connectivity index (χ0v) is 10.9. The summed E-state index contributed by atoms with van der Waals surface area (Å²) < 4.78 is 15.0. The molecule has 0 radical (unpaired) electrons. The molecular formula is C10H16O7S. The molecule has 0 aromatic rings. The molecule has 1 heterocycles. The molecule has 0 spiro atoms. The van der Waals surface area contributed by atoms with Gasteiger partial charge in [-0.1, -0.05) is 0 Å². The average molecular weight is 280 g/mol. The lowest BCUT2D eigenvalue weighted by Crippen LogP contribution is -2.59. The topological polar surface area (TPSA) is 102 Å². The van der Waals surface area contributed by atoms with Crippen molar-refractivity contribution >= 4 is 24.6 Å². The summed E-state index contributed by atoms with van der Waals surface area (Å²) in [6.07, 6.45) is -4.41. The van der Waals surface area contributed by atoms with Crippen LogP contribution < -0.4 is 0 Å². The SMILES string of the molecule is CC(=O)OC1C(O)[C@H](OC(C)=O)C(CO)O[C@H]1S. The van der Waals surface area contributed by atoms with E-state index in [-0.39, 0.29) is 0 Å². The predicted molar refractivity (Wildman–Crippen MR) is 61.8 cm³/mol. The molecule has 8 heteroatoms. The van der Waals surface area contributed by atoms with E-state index in [1.165, 1.54) is 6.92 Å². The van der Waals surface area contributed by atoms with E-state index in [1.807, 2.05) is 0 Å². The van der Waals surface area contributed by atoms with Crippen molar-refractivity contribution in [2.24, 2.45) is 0 Å². The van der Waals surface area contributed by atoms with Gasteiger partial charge >= 0.3 is 11.9 Å². The minimum absolute atomic E-state index is 0.459. The first-order chi connectivity index (χ1) is 8.36. The maximum Gasteiger partial charge on any atom is 0.303 e. The van der Waals surface area contributed by atoms with Crippen molar-refractivity contribution in [1.29, 1.82) is 0 Å². The molecule has 1 saturated heterocycles. The van der Waals surface area contributed by atoms with E-state index in [2.05, 4.69) is 12.6 Å². The summed E-state index contributed by atoms with van der Waals surface area (Å²) in [4.78, 5) is 21.8. The number of ether oxygens (including phenoxy) is 3. The fourth-order valence-electron chi connectivity index (χ4n) is 1.71. The third-order valence-corrected chi connectivity index (χ3v) is 2.83. The number of thiol groups is 1. The standard InChI is InChI=1S/C10H16O7S/c1-4(12)15-8-6(3-11)17-10(18)9(7(8)14)16-5(2)13/h6-11,14,18H,3H2,1-2H3/t6?,7?,8-,9?,10+/m1/s1. The van der Waals surface area contributed by atoms with Gasteiger partial charge in [0.15, 0.2) is 12.2 Å². The predicted octanol–water partition coefficient (Wildman–Crippen LogP) is -1.14. The molecule has 7 nitrogen and oxygen atoms in total. The van der Waals surface area contributed by atoms with Crippen LogP contribution in [0, 0.1) is 0 Å². The second kappa shape index (κ2) is 6.37. The number of rotatable bonds is 3. The van der Waals surface area contributed by atoms with E-state index in [0.29, 0.717) is 0 Å². The molecule has 0 amide bonds. The molecule has 18 heavy (non-hydrogen) atoms. The Morgan fingerprint density at radius 2 is 1.72 bits per heavy atom. The van der Waals surface area contributed by atoms with E-state index in [9.17, 15) is 14.7 Å². The van der Waals surface area contributed by atoms with Crippen molar-refractivity contribution < 1.29 is 34.0 Å². The maximum atomic E-state index is 10.9. The molecule has 0 aliphatic carbocycles. The van der Waals surface area contributed by atoms with Crippen molar-refractivity contribution in [3.63, 3.8) is 0 Å². The fraction of sp³-hybridized carbons (Fsp3) is 0.800. The number of carbonyl (C=O) groups excluding carboxylic acids is 2. The number of aliphatic hydroxyl groups excluding tert-OH is 2. The van der Waals surface area contributed by atoms with Crippen LogP contribution in [-0.2, 0) is 23.8 Å². The van der Waals surface area contributed by atoms with Crippen LogP contribution in [0.5, 0.6) is 0 Å². The van der Waals surface area contributed by atoms with Gasteiger partial charge in [0.05, 0.1) is 6.61 Å². The minimum atomic E-state index is -1.31. The van der Waals surface area contributed by atoms with Crippen LogP contribution in [0.25, 0.3) is 0 Å². The average Bonchev–Trinajstić information content (AvgIpc) is 2.27. The van der Waals surface area contributed by atoms with E-state index < -0.39 is 48.4 Å². The number of hydrogen-bond acceptors (Lipinski definition) is 8. The third kappa shape index (κ3) is 3.58. The minimum Gasteiger partial charge on any atom is -0.457 e. The van der Waals surface area contributed by atoms with Crippen LogP contribution in [0.1, 0.15) is 13.8 Å². The smallest absolute Gasteiger partial charge is 0.303 e. The van der Waals surface area contributed by atoms with Gasteiger partial charge in [0.2, 0.25) is 0 Å². The fourth-order valence-corrected chi connectivity index (χ4v) is 2.11. The summed E-state index contributed by atoms with van der Waals surface area (Å²) in [5, 5.41) is 19.1. The molecule has 104 valence electrons. The Bertz CT molecular complexity index is 321. The molecule has 1 fully saturated rings. The van der Waals surface area contributed by atoms with E-state index in [0.717, 1.165) is 6.92 Å². The number of aliphatic hydroxyl groups is 2. The Hall–Kier alpha value is -0.830. The third-order valence-electron chi connectivity index (χ3n) is 2.42. The normalized spacial score (nSPS) is 35.9. The molecule has 2 N–H and O–H groups in total. The van der Waals surface area contributed by atoms with Gasteiger partial charge in [-0.25, -0.2) is 0 Å². The quantitative estimate of drug-likeness (QED) is 0.443. The van der Waals surface area contributed by atoms with Crippen LogP contribution in [0.15, 0.2) is 0 Å². The van der Waals surface area contributed by atoms with Gasteiger partial charge in [0.1, 0.15) is 17.6 Å². The Labute approximate surface area is 109 Å². The second-order valence-electron chi connectivity index (χ2n) is 3.89. The van der Waals surface area contributed by atoms with Crippen LogP contribution in [0.2, 0.25) is 0 Å². The molecule has 3 unspecified atom stereocenters. The first kappa shape index (κ1) is 15.2. The second-order valence-corrected chi connectivity index (χ2v) is 4.40. The lowest BCUT2D eigenvalue weighted by Gasteiger charge is -2.41. The number of hydrogen-bond donors (Lipinski definition) is 3. The maximum absolute atomic E-state index is 10.9. The molecule has 0 saturated carbocycles. The molecule has 0 aromatic heterocycles. The highest BCUT2D eigenvalue weighted by molar-refractivity contribution is 7.80. The molecule has 1 rings (SSSR count). The molecule has 1 aliphatic rings. The Morgan fingerprint density at radius 3 is 2.17 bits per heavy atom. The van der Waals surface area contributed by atoms with Crippen LogP contribution >= 0.6 is 12.6 Å². The van der Waals surface area contributed by atoms with Gasteiger partial charge < -0.3 is 24.4 Å². The summed E-state index contributed by atoms with van der Waals surface area (Å²) in [6.45, 7) is 1.87. The monoisotopic (exact) mass is 280 g/mol. The van der Waals surface area contributed by atoms with Gasteiger partial charge in [-0.3, -0.25) is 9.59 Å². The van der Waals surface area contributed by atoms with Gasteiger partial charge in [-0.2, -0.15) is 0 Å². The van der Waals surface area contributed by atoms with Crippen molar-refractivity contribution in [1.82, 2.24) is 0 Å². The molecular weight excluding hydrogens is 264 g/mol. The van der Waals surface area contributed by atoms with Crippen molar-refractivity contribution in [3.05, 3.63) is 0 Å². The van der Waals surface area contributed by atoms with E-state index >= 15 is 0 Å². The lowest BCUT2D eigenvalue weighted by molar-refractivity contribution is -0.227. The lowest BCUT2D eigenvalue weighted by atomic mass is 10.00. The van der Waals surface area contributed by atoms with E-state index in [4.69, 9.17) is 19.3 Å². The summed E-state index contributed by atoms with van der Waals surface area (Å²) in [6, 6.07) is 0. The van der Waals surface area contributed by atoms with Crippen molar-refractivity contribution in [2.45, 2.75) is 43.7 Å². The molecule has 0 aromatic carbocycles. The van der Waals surface area contributed by atoms with Crippen LogP contribution in [0.3, 0.4) is 0 Å². The Balaban J connectivity index is 2.84. The summed E-state index contributed by atoms with van der Waals surface area (Å²) in [5.74, 6) is -1.26. The molecule has 0 bridgehead atoms. The summed E-state index contributed by atoms with van der Waals surface area (Å²) >= 11 is 4.02. The van der Waals surface area contributed by atoms with Gasteiger partial charge in [-0.15, -0.1) is 12.6 Å². The van der Waals surface area contributed by atoms with Crippen LogP contribution in [-0.4, -0.2) is 58.6 Å². The number of esters is 2. The molecule has 1 aliphatic heterocycles. The first-order valence-electron chi connectivity index (χ1n) is 5.33. The van der Waals surface area contributed by atoms with Crippen molar-refractivity contribution in [3.8, 4) is 0 Å². The largest absolute Gasteiger partial charge is 0.457 e. The van der Waals surface area contributed by atoms with Crippen molar-refractivity contribution in [2.75, 3.05) is 6.61 Å². The van der Waals surface area contributed by atoms with Gasteiger partial charge in [-0.05, 0) is 0 Å². The van der Waals surface area contributed by atoms with Gasteiger partial charge in [0.25, 0.3) is 0 Å². The highest BCUT2D eigenvalue weighted by Crippen LogP contribution is 2.27. The summed E-state index contributed by atoms with van der Waals surface area (Å²) in [7, 11) is 0. The zero-order chi connectivity index (χ0) is 13.9. The zero-order valence-electron chi connectivity index (χ0n) is 9.98. The Kier molecular flexibility index (Phi) is 5.39. The van der Waals surface area contributed by atoms with Gasteiger partial charge in [0, 0.05) is 13.8 Å². The highest BCUT2D eigenvalue weighted by Gasteiger charge is 2.47. The van der Waals surface area contributed by atoms with Crippen LogP contribution in [0.4, 0.5) is 0 Å². The molecule has 5 atom stereocenters.